The lowest BCUT2D eigenvalue weighted by Gasteiger charge is -2.24. The third kappa shape index (κ3) is 6.04. The molecule has 0 unspecified atom stereocenters. The van der Waals surface area contributed by atoms with Crippen molar-refractivity contribution in [3.05, 3.63) is 102 Å². The molecule has 0 spiro atoms. The van der Waals surface area contributed by atoms with Crippen LogP contribution in [0, 0.1) is 5.82 Å². The van der Waals surface area contributed by atoms with Crippen LogP contribution in [-0.4, -0.2) is 40.3 Å². The van der Waals surface area contributed by atoms with Crippen molar-refractivity contribution in [3.8, 4) is 16.9 Å². The number of aromatic nitrogens is 3. The fraction of sp³-hybridized carbons (Fsp3) is 0.200. The van der Waals surface area contributed by atoms with E-state index in [1.165, 1.54) is 18.5 Å². The Bertz CT molecular complexity index is 1600. The summed E-state index contributed by atoms with van der Waals surface area (Å²) < 4.78 is 27.0. The van der Waals surface area contributed by atoms with Crippen LogP contribution in [0.25, 0.3) is 22.0 Å². The van der Waals surface area contributed by atoms with Gasteiger partial charge in [0.2, 0.25) is 0 Å². The Morgan fingerprint density at radius 2 is 2.03 bits per heavy atom. The predicted molar refractivity (Wildman–Crippen MR) is 151 cm³/mol. The zero-order valence-corrected chi connectivity index (χ0v) is 21.9. The Morgan fingerprint density at radius 1 is 1.08 bits per heavy atom. The zero-order chi connectivity index (χ0) is 26.6. The number of nitrogens with one attached hydrogen (secondary N) is 2. The number of nitrogens with zero attached hydrogens (tertiary/aromatic N) is 3. The maximum absolute atomic E-state index is 13.4. The SMILES string of the molecule is Fc1cccc(COc2ccc(Nc3ncnc4ccc(-c5ccn(C[C@@H]6COCCN6)c5)cc34)cc2Cl)c1. The van der Waals surface area contributed by atoms with Crippen LogP contribution in [0.3, 0.4) is 0 Å². The second-order valence-corrected chi connectivity index (χ2v) is 9.87. The van der Waals surface area contributed by atoms with Crippen molar-refractivity contribution in [2.24, 2.45) is 0 Å². The van der Waals surface area contributed by atoms with Crippen LogP contribution in [0.2, 0.25) is 5.02 Å². The van der Waals surface area contributed by atoms with Gasteiger partial charge in [0.05, 0.1) is 23.8 Å². The molecule has 3 heterocycles. The fourth-order valence-corrected chi connectivity index (χ4v) is 4.91. The van der Waals surface area contributed by atoms with Gasteiger partial charge in [0.1, 0.15) is 30.3 Å². The highest BCUT2D eigenvalue weighted by molar-refractivity contribution is 6.32. The number of hydrogen-bond donors (Lipinski definition) is 2. The molecule has 2 N–H and O–H groups in total. The van der Waals surface area contributed by atoms with E-state index in [4.69, 9.17) is 21.1 Å². The van der Waals surface area contributed by atoms with Gasteiger partial charge in [-0.2, -0.15) is 0 Å². The van der Waals surface area contributed by atoms with Crippen molar-refractivity contribution in [1.29, 1.82) is 0 Å². The van der Waals surface area contributed by atoms with Crippen LogP contribution < -0.4 is 15.4 Å². The standard InChI is InChI=1S/C30H27ClFN5O2/c31-27-14-24(5-7-29(27)39-17-20-2-1-3-23(32)12-20)36-30-26-13-21(4-6-28(26)34-19-35-30)22-8-10-37(15-22)16-25-18-38-11-9-33-25/h1-8,10,12-15,19,25,33H,9,11,16-18H2,(H,34,35,36)/t25-/m1/s1. The van der Waals surface area contributed by atoms with E-state index >= 15 is 0 Å². The summed E-state index contributed by atoms with van der Waals surface area (Å²) in [6, 6.07) is 20.3. The first kappa shape index (κ1) is 25.3. The Morgan fingerprint density at radius 3 is 2.87 bits per heavy atom. The fourth-order valence-electron chi connectivity index (χ4n) is 4.67. The highest BCUT2D eigenvalue weighted by Crippen LogP contribution is 2.32. The normalized spacial score (nSPS) is 15.4. The number of ether oxygens (including phenoxy) is 2. The summed E-state index contributed by atoms with van der Waals surface area (Å²) in [7, 11) is 0. The van der Waals surface area contributed by atoms with Gasteiger partial charge in [-0.1, -0.05) is 29.8 Å². The van der Waals surface area contributed by atoms with E-state index in [1.807, 2.05) is 12.1 Å². The number of rotatable bonds is 8. The third-order valence-electron chi connectivity index (χ3n) is 6.63. The molecule has 9 heteroatoms. The monoisotopic (exact) mass is 543 g/mol. The van der Waals surface area contributed by atoms with Crippen LogP contribution in [0.15, 0.2) is 85.5 Å². The Balaban J connectivity index is 1.19. The van der Waals surface area contributed by atoms with E-state index in [1.54, 1.807) is 24.3 Å². The topological polar surface area (TPSA) is 73.2 Å². The van der Waals surface area contributed by atoms with Crippen molar-refractivity contribution < 1.29 is 13.9 Å². The molecule has 1 aliphatic rings. The quantitative estimate of drug-likeness (QED) is 0.243. The molecule has 39 heavy (non-hydrogen) atoms. The van der Waals surface area contributed by atoms with Crippen LogP contribution in [0.1, 0.15) is 5.56 Å². The zero-order valence-electron chi connectivity index (χ0n) is 21.1. The van der Waals surface area contributed by atoms with Crippen molar-refractivity contribution in [2.45, 2.75) is 19.2 Å². The molecule has 0 saturated carbocycles. The molecule has 5 aromatic rings. The number of fused-ring (bicyclic) bond motifs is 1. The number of anilines is 2. The molecule has 0 radical (unpaired) electrons. The number of halogens is 2. The number of morpholine rings is 1. The number of hydrogen-bond acceptors (Lipinski definition) is 6. The van der Waals surface area contributed by atoms with E-state index in [9.17, 15) is 4.39 Å². The number of benzene rings is 3. The average Bonchev–Trinajstić information content (AvgIpc) is 3.42. The molecule has 0 bridgehead atoms. The molecule has 7 nitrogen and oxygen atoms in total. The largest absolute Gasteiger partial charge is 0.487 e. The molecular formula is C30H27ClFN5O2. The highest BCUT2D eigenvalue weighted by atomic mass is 35.5. The predicted octanol–water partition coefficient (Wildman–Crippen LogP) is 6.20. The summed E-state index contributed by atoms with van der Waals surface area (Å²) in [5, 5.41) is 8.20. The van der Waals surface area contributed by atoms with Gasteiger partial charge < -0.3 is 24.7 Å². The van der Waals surface area contributed by atoms with E-state index in [0.717, 1.165) is 59.6 Å². The summed E-state index contributed by atoms with van der Waals surface area (Å²) in [6.45, 7) is 3.45. The average molecular weight is 544 g/mol. The summed E-state index contributed by atoms with van der Waals surface area (Å²) >= 11 is 6.50. The first-order valence-corrected chi connectivity index (χ1v) is 13.1. The Hall–Kier alpha value is -3.98. The first-order chi connectivity index (χ1) is 19.1. The van der Waals surface area contributed by atoms with Gasteiger partial charge in [-0.15, -0.1) is 0 Å². The summed E-state index contributed by atoms with van der Waals surface area (Å²) in [5.74, 6) is 0.890. The van der Waals surface area contributed by atoms with Crippen LogP contribution >= 0.6 is 11.6 Å². The Labute approximate surface area is 230 Å². The lowest BCUT2D eigenvalue weighted by molar-refractivity contribution is 0.0714. The molecule has 198 valence electrons. The first-order valence-electron chi connectivity index (χ1n) is 12.8. The third-order valence-corrected chi connectivity index (χ3v) is 6.92. The minimum atomic E-state index is -0.300. The molecule has 6 rings (SSSR count). The lowest BCUT2D eigenvalue weighted by Crippen LogP contribution is -2.43. The van der Waals surface area contributed by atoms with Crippen molar-refractivity contribution in [2.75, 3.05) is 25.1 Å². The van der Waals surface area contributed by atoms with Crippen LogP contribution in [-0.2, 0) is 17.9 Å². The molecule has 3 aromatic carbocycles. The second kappa shape index (κ2) is 11.4. The van der Waals surface area contributed by atoms with Crippen molar-refractivity contribution in [3.63, 3.8) is 0 Å². The molecular weight excluding hydrogens is 517 g/mol. The van der Waals surface area contributed by atoms with Crippen molar-refractivity contribution in [1.82, 2.24) is 19.9 Å². The van der Waals surface area contributed by atoms with Gasteiger partial charge in [0, 0.05) is 42.6 Å². The second-order valence-electron chi connectivity index (χ2n) is 9.47. The molecule has 1 aliphatic heterocycles. The smallest absolute Gasteiger partial charge is 0.141 e. The molecule has 1 saturated heterocycles. The lowest BCUT2D eigenvalue weighted by atomic mass is 10.1. The molecule has 1 atom stereocenters. The summed E-state index contributed by atoms with van der Waals surface area (Å²) in [4.78, 5) is 8.94. The molecule has 2 aromatic heterocycles. The summed E-state index contributed by atoms with van der Waals surface area (Å²) in [5.41, 5.74) is 4.51. The van der Waals surface area contributed by atoms with E-state index < -0.39 is 0 Å². The maximum Gasteiger partial charge on any atom is 0.141 e. The molecule has 1 fully saturated rings. The molecule has 0 amide bonds. The van der Waals surface area contributed by atoms with Gasteiger partial charge in [-0.05, 0) is 65.2 Å². The Kier molecular flexibility index (Phi) is 7.40. The van der Waals surface area contributed by atoms with Gasteiger partial charge in [0.15, 0.2) is 0 Å². The minimum Gasteiger partial charge on any atom is -0.487 e. The van der Waals surface area contributed by atoms with E-state index in [2.05, 4.69) is 55.8 Å². The summed E-state index contributed by atoms with van der Waals surface area (Å²) in [6.07, 6.45) is 5.78. The van der Waals surface area contributed by atoms with Crippen LogP contribution in [0.4, 0.5) is 15.9 Å². The van der Waals surface area contributed by atoms with Gasteiger partial charge >= 0.3 is 0 Å². The molecule has 0 aliphatic carbocycles. The van der Waals surface area contributed by atoms with Gasteiger partial charge in [0.25, 0.3) is 0 Å². The minimum absolute atomic E-state index is 0.219. The van der Waals surface area contributed by atoms with E-state index in [-0.39, 0.29) is 12.4 Å². The van der Waals surface area contributed by atoms with Crippen LogP contribution in [0.5, 0.6) is 5.75 Å². The highest BCUT2D eigenvalue weighted by Gasteiger charge is 2.14. The van der Waals surface area contributed by atoms with E-state index in [0.29, 0.717) is 22.6 Å². The van der Waals surface area contributed by atoms with Gasteiger partial charge in [-0.25, -0.2) is 14.4 Å². The maximum atomic E-state index is 13.4. The van der Waals surface area contributed by atoms with Gasteiger partial charge in [-0.3, -0.25) is 0 Å². The van der Waals surface area contributed by atoms with Crippen molar-refractivity contribution >= 4 is 34.0 Å².